The van der Waals surface area contributed by atoms with Gasteiger partial charge in [0.05, 0.1) is 18.5 Å². The molecule has 1 atom stereocenters. The molecule has 2 N–H and O–H groups in total. The number of carbonyl (C=O) groups is 2. The number of amides is 2. The molecule has 0 bridgehead atoms. The zero-order chi connectivity index (χ0) is 35.3. The van der Waals surface area contributed by atoms with Gasteiger partial charge in [0, 0.05) is 50.9 Å². The van der Waals surface area contributed by atoms with E-state index in [4.69, 9.17) is 23.6 Å². The second-order valence-corrected chi connectivity index (χ2v) is 19.4. The molecule has 1 saturated heterocycles. The minimum atomic E-state index is -2.13. The molecule has 2 aromatic heterocycles. The van der Waals surface area contributed by atoms with Crippen LogP contribution >= 0.6 is 0 Å². The Morgan fingerprint density at radius 2 is 1.77 bits per heavy atom. The van der Waals surface area contributed by atoms with Crippen LogP contribution in [0.1, 0.15) is 59.9 Å². The Hall–Kier alpha value is -3.88. The first-order valence-corrected chi connectivity index (χ1v) is 19.4. The van der Waals surface area contributed by atoms with Gasteiger partial charge < -0.3 is 34.0 Å². The quantitative estimate of drug-likeness (QED) is 0.152. The number of hydrogen-bond acceptors (Lipinski definition) is 9. The molecule has 1 aliphatic rings. The summed E-state index contributed by atoms with van der Waals surface area (Å²) in [6.07, 6.45) is 1.99. The summed E-state index contributed by atoms with van der Waals surface area (Å²) in [6, 6.07) is 8.79. The standard InChI is InChI=1S/C34H52N6O7Si/c1-33(2,3)47-32(43)39(25-12-14-26(15-13-25)45-22-21-44-7)30-27(17-20-46-48(8,9)34(4,5)6)29(37-28-16-18-35-40(28)30)36-24-11-10-19-38(23-24)31(41)42/h12-16,18,24H,10-11,17,19-23H2,1-9H3,(H,36,37)(H,41,42)/t24-/m0/s1. The monoisotopic (exact) mass is 684 g/mol. The van der Waals surface area contributed by atoms with Gasteiger partial charge in [0.2, 0.25) is 0 Å². The van der Waals surface area contributed by atoms with Gasteiger partial charge in [-0.15, -0.1) is 0 Å². The smallest absolute Gasteiger partial charge is 0.420 e. The summed E-state index contributed by atoms with van der Waals surface area (Å²) in [6.45, 7) is 18.5. The molecule has 0 spiro atoms. The summed E-state index contributed by atoms with van der Waals surface area (Å²) in [4.78, 5) is 34.0. The third-order valence-electron chi connectivity index (χ3n) is 8.70. The summed E-state index contributed by atoms with van der Waals surface area (Å²) in [5, 5.41) is 17.9. The molecule has 4 rings (SSSR count). The number of piperidine rings is 1. The molecule has 0 aliphatic carbocycles. The summed E-state index contributed by atoms with van der Waals surface area (Å²) in [5.41, 5.74) is 0.965. The molecule has 48 heavy (non-hydrogen) atoms. The molecule has 0 saturated carbocycles. The van der Waals surface area contributed by atoms with Crippen molar-refractivity contribution in [3.8, 4) is 5.75 Å². The van der Waals surface area contributed by atoms with Crippen LogP contribution in [0.3, 0.4) is 0 Å². The van der Waals surface area contributed by atoms with E-state index in [1.165, 1.54) is 9.80 Å². The average molecular weight is 685 g/mol. The van der Waals surface area contributed by atoms with Crippen LogP contribution in [0.4, 0.5) is 26.9 Å². The number of fused-ring (bicyclic) bond motifs is 1. The van der Waals surface area contributed by atoms with E-state index in [0.29, 0.717) is 73.6 Å². The largest absolute Gasteiger partial charge is 0.491 e. The Morgan fingerprint density at radius 3 is 2.40 bits per heavy atom. The SMILES string of the molecule is COCCOc1ccc(N(C(=O)OC(C)(C)C)c2c(CCO[Si](C)(C)C(C)(C)C)c(N[C@H]3CCCN(C(=O)O)C3)nc3ccnn23)cc1. The summed E-state index contributed by atoms with van der Waals surface area (Å²) in [7, 11) is -0.511. The van der Waals surface area contributed by atoms with Crippen molar-refractivity contribution in [1.29, 1.82) is 0 Å². The van der Waals surface area contributed by atoms with Gasteiger partial charge in [0.15, 0.2) is 19.8 Å². The minimum absolute atomic E-state index is 0.000886. The minimum Gasteiger partial charge on any atom is -0.491 e. The molecular formula is C34H52N6O7Si. The summed E-state index contributed by atoms with van der Waals surface area (Å²) < 4.78 is 25.2. The third kappa shape index (κ3) is 9.17. The maximum absolute atomic E-state index is 14.2. The van der Waals surface area contributed by atoms with E-state index in [2.05, 4.69) is 44.3 Å². The van der Waals surface area contributed by atoms with Crippen LogP contribution in [0.5, 0.6) is 5.75 Å². The fourth-order valence-corrected chi connectivity index (χ4v) is 6.23. The molecule has 1 aliphatic heterocycles. The number of rotatable bonds is 12. The van der Waals surface area contributed by atoms with Crippen molar-refractivity contribution in [3.63, 3.8) is 0 Å². The van der Waals surface area contributed by atoms with E-state index in [0.717, 1.165) is 12.8 Å². The Kier molecular flexibility index (Phi) is 11.6. The topological polar surface area (TPSA) is 140 Å². The van der Waals surface area contributed by atoms with E-state index < -0.39 is 26.1 Å². The van der Waals surface area contributed by atoms with Gasteiger partial charge in [-0.25, -0.2) is 19.5 Å². The number of likely N-dealkylation sites (tertiary alicyclic amines) is 1. The van der Waals surface area contributed by atoms with E-state index in [1.54, 1.807) is 48.2 Å². The molecule has 0 radical (unpaired) electrons. The van der Waals surface area contributed by atoms with Crippen LogP contribution in [-0.2, 0) is 20.3 Å². The lowest BCUT2D eigenvalue weighted by Crippen LogP contribution is -2.45. The number of nitrogens with one attached hydrogen (secondary N) is 1. The number of carboxylic acid groups (broad SMARTS) is 1. The first-order chi connectivity index (χ1) is 22.5. The molecule has 14 heteroatoms. The van der Waals surface area contributed by atoms with Crippen molar-refractivity contribution in [1.82, 2.24) is 19.5 Å². The molecule has 1 aromatic carbocycles. The summed E-state index contributed by atoms with van der Waals surface area (Å²) >= 11 is 0. The lowest BCUT2D eigenvalue weighted by molar-refractivity contribution is 0.0597. The van der Waals surface area contributed by atoms with Crippen molar-refractivity contribution < 1.29 is 33.3 Å². The molecule has 13 nitrogen and oxygen atoms in total. The van der Waals surface area contributed by atoms with Crippen LogP contribution < -0.4 is 15.0 Å². The number of methoxy groups -OCH3 is 1. The van der Waals surface area contributed by atoms with Gasteiger partial charge in [-0.1, -0.05) is 20.8 Å². The van der Waals surface area contributed by atoms with Gasteiger partial charge in [0.1, 0.15) is 23.8 Å². The van der Waals surface area contributed by atoms with Gasteiger partial charge >= 0.3 is 12.2 Å². The number of carbonyl (C=O) groups excluding carboxylic acids is 1. The lowest BCUT2D eigenvalue weighted by atomic mass is 10.1. The fourth-order valence-electron chi connectivity index (χ4n) is 5.18. The maximum atomic E-state index is 14.2. The highest BCUT2D eigenvalue weighted by atomic mass is 28.4. The number of benzene rings is 1. The Bertz CT molecular complexity index is 1550. The van der Waals surface area contributed by atoms with E-state index in [1.807, 2.05) is 20.8 Å². The van der Waals surface area contributed by atoms with E-state index in [-0.39, 0.29) is 11.1 Å². The number of aromatic nitrogens is 3. The van der Waals surface area contributed by atoms with Crippen LogP contribution in [0.2, 0.25) is 18.1 Å². The fraction of sp³-hybridized carbons (Fsp3) is 0.588. The maximum Gasteiger partial charge on any atom is 0.420 e. The van der Waals surface area contributed by atoms with Gasteiger partial charge in [-0.2, -0.15) is 9.61 Å². The molecule has 2 amide bonds. The number of anilines is 3. The summed E-state index contributed by atoms with van der Waals surface area (Å²) in [5.74, 6) is 1.63. The number of hydrogen-bond donors (Lipinski definition) is 2. The first kappa shape index (κ1) is 36.9. The lowest BCUT2D eigenvalue weighted by Gasteiger charge is -2.36. The second kappa shape index (κ2) is 15.1. The van der Waals surface area contributed by atoms with Gasteiger partial charge in [-0.3, -0.25) is 0 Å². The van der Waals surface area contributed by atoms with Crippen LogP contribution in [0, 0.1) is 0 Å². The predicted octanol–water partition coefficient (Wildman–Crippen LogP) is 6.95. The zero-order valence-corrected chi connectivity index (χ0v) is 30.8. The second-order valence-electron chi connectivity index (χ2n) is 14.6. The molecule has 3 aromatic rings. The molecular weight excluding hydrogens is 632 g/mol. The highest BCUT2D eigenvalue weighted by molar-refractivity contribution is 6.74. The molecule has 3 heterocycles. The highest BCUT2D eigenvalue weighted by Gasteiger charge is 2.38. The number of nitrogens with zero attached hydrogens (tertiary/aromatic N) is 5. The predicted molar refractivity (Wildman–Crippen MR) is 188 cm³/mol. The van der Waals surface area contributed by atoms with Crippen LogP contribution in [-0.4, -0.2) is 96.8 Å². The van der Waals surface area contributed by atoms with Crippen LogP contribution in [0.15, 0.2) is 36.5 Å². The normalized spacial score (nSPS) is 15.8. The van der Waals surface area contributed by atoms with E-state index >= 15 is 0 Å². The van der Waals surface area contributed by atoms with Crippen molar-refractivity contribution in [2.45, 2.75) is 90.6 Å². The van der Waals surface area contributed by atoms with Crippen LogP contribution in [0.25, 0.3) is 5.65 Å². The number of ether oxygens (including phenoxy) is 3. The van der Waals surface area contributed by atoms with E-state index in [9.17, 15) is 14.7 Å². The van der Waals surface area contributed by atoms with Crippen molar-refractivity contribution in [3.05, 3.63) is 42.1 Å². The van der Waals surface area contributed by atoms with Gasteiger partial charge in [0.25, 0.3) is 0 Å². The molecule has 264 valence electrons. The Labute approximate surface area is 284 Å². The first-order valence-electron chi connectivity index (χ1n) is 16.5. The van der Waals surface area contributed by atoms with Crippen molar-refractivity contribution in [2.24, 2.45) is 0 Å². The zero-order valence-electron chi connectivity index (χ0n) is 29.8. The van der Waals surface area contributed by atoms with Gasteiger partial charge in [-0.05, 0) is 76.0 Å². The molecule has 0 unspecified atom stereocenters. The Balaban J connectivity index is 1.87. The Morgan fingerprint density at radius 1 is 1.06 bits per heavy atom. The average Bonchev–Trinajstić information content (AvgIpc) is 3.46. The van der Waals surface area contributed by atoms with Crippen molar-refractivity contribution in [2.75, 3.05) is 50.2 Å². The molecule has 1 fully saturated rings. The highest BCUT2D eigenvalue weighted by Crippen LogP contribution is 2.39. The van der Waals surface area contributed by atoms with Crippen molar-refractivity contribution >= 4 is 43.5 Å². The third-order valence-corrected chi connectivity index (χ3v) is 13.2.